The lowest BCUT2D eigenvalue weighted by Crippen LogP contribution is -2.26. The van der Waals surface area contributed by atoms with Crippen molar-refractivity contribution < 1.29 is 4.12 Å². The van der Waals surface area contributed by atoms with E-state index < -0.39 is 9.04 Å². The lowest BCUT2D eigenvalue weighted by atomic mass is 10.4. The van der Waals surface area contributed by atoms with Crippen molar-refractivity contribution in [2.75, 3.05) is 0 Å². The van der Waals surface area contributed by atoms with Crippen LogP contribution in [0.15, 0.2) is 0 Å². The monoisotopic (exact) mass is 186 g/mol. The molecule has 0 aliphatic carbocycles. The second kappa shape index (κ2) is 5.97. The van der Waals surface area contributed by atoms with Gasteiger partial charge in [-0.2, -0.15) is 0 Å². The highest BCUT2D eigenvalue weighted by Crippen LogP contribution is 2.26. The maximum absolute atomic E-state index is 5.36. The first-order chi connectivity index (χ1) is 5.17. The standard InChI is InChI=1S/C8H18OSi2/c1-5-7(3)11(9-10)8(4)6-2/h7-8H,5-6H2,1-4H3. The first kappa shape index (κ1) is 11.4. The third-order valence-electron chi connectivity index (χ3n) is 2.31. The maximum Gasteiger partial charge on any atom is 0.229 e. The van der Waals surface area contributed by atoms with Crippen molar-refractivity contribution in [1.29, 1.82) is 0 Å². The summed E-state index contributed by atoms with van der Waals surface area (Å²) in [6.07, 6.45) is 2.45. The number of hydrogen-bond donors (Lipinski definition) is 0. The van der Waals surface area contributed by atoms with E-state index in [1.807, 2.05) is 0 Å². The quantitative estimate of drug-likeness (QED) is 0.600. The van der Waals surface area contributed by atoms with Gasteiger partial charge in [-0.25, -0.2) is 0 Å². The van der Waals surface area contributed by atoms with Gasteiger partial charge < -0.3 is 4.12 Å². The second-order valence-electron chi connectivity index (χ2n) is 3.12. The van der Waals surface area contributed by atoms with Gasteiger partial charge in [0.25, 0.3) is 0 Å². The Hall–Kier alpha value is 0.394. The summed E-state index contributed by atoms with van der Waals surface area (Å²) in [5, 5.41) is 0. The Morgan fingerprint density at radius 1 is 1.18 bits per heavy atom. The van der Waals surface area contributed by atoms with Crippen LogP contribution in [0.25, 0.3) is 0 Å². The molecule has 0 saturated carbocycles. The van der Waals surface area contributed by atoms with E-state index in [4.69, 9.17) is 4.12 Å². The maximum atomic E-state index is 5.36. The van der Waals surface area contributed by atoms with Gasteiger partial charge in [-0.1, -0.05) is 40.5 Å². The van der Waals surface area contributed by atoms with Crippen LogP contribution in [0.5, 0.6) is 0 Å². The molecule has 0 fully saturated rings. The molecule has 0 saturated heterocycles. The van der Waals surface area contributed by atoms with Crippen molar-refractivity contribution in [1.82, 2.24) is 0 Å². The van der Waals surface area contributed by atoms with Gasteiger partial charge in [-0.3, -0.25) is 0 Å². The predicted octanol–water partition coefficient (Wildman–Crippen LogP) is 2.68. The molecule has 0 bridgehead atoms. The Morgan fingerprint density at radius 2 is 1.55 bits per heavy atom. The van der Waals surface area contributed by atoms with Crippen LogP contribution >= 0.6 is 0 Å². The molecule has 2 atom stereocenters. The molecule has 0 amide bonds. The lowest BCUT2D eigenvalue weighted by molar-refractivity contribution is 0.561. The van der Waals surface area contributed by atoms with Gasteiger partial charge in [-0.15, -0.1) is 0 Å². The molecular weight excluding hydrogens is 168 g/mol. The fourth-order valence-corrected chi connectivity index (χ4v) is 4.47. The molecule has 4 radical (unpaired) electrons. The Balaban J connectivity index is 3.92. The third kappa shape index (κ3) is 3.53. The summed E-state index contributed by atoms with van der Waals surface area (Å²) >= 11 is 0. The van der Waals surface area contributed by atoms with Gasteiger partial charge in [-0.05, 0) is 11.1 Å². The van der Waals surface area contributed by atoms with Crippen LogP contribution in [0.1, 0.15) is 40.5 Å². The molecule has 0 N–H and O–H groups in total. The van der Waals surface area contributed by atoms with Crippen LogP contribution in [0.4, 0.5) is 0 Å². The van der Waals surface area contributed by atoms with E-state index in [2.05, 4.69) is 38.2 Å². The zero-order chi connectivity index (χ0) is 8.85. The van der Waals surface area contributed by atoms with E-state index in [1.54, 1.807) is 0 Å². The minimum absolute atomic E-state index is 0.628. The van der Waals surface area contributed by atoms with E-state index in [0.29, 0.717) is 0 Å². The van der Waals surface area contributed by atoms with Crippen molar-refractivity contribution in [2.24, 2.45) is 0 Å². The number of rotatable bonds is 5. The van der Waals surface area contributed by atoms with Crippen LogP contribution in [0.2, 0.25) is 11.1 Å². The summed E-state index contributed by atoms with van der Waals surface area (Å²) in [4.78, 5) is 0. The van der Waals surface area contributed by atoms with Crippen molar-refractivity contribution >= 4 is 19.5 Å². The first-order valence-electron chi connectivity index (χ1n) is 4.37. The van der Waals surface area contributed by atoms with Crippen LogP contribution in [0.3, 0.4) is 0 Å². The average molecular weight is 186 g/mol. The first-order valence-corrected chi connectivity index (χ1v) is 6.34. The van der Waals surface area contributed by atoms with E-state index in [9.17, 15) is 0 Å². The summed E-state index contributed by atoms with van der Waals surface area (Å²) in [5.41, 5.74) is 1.49. The molecule has 0 aliphatic heterocycles. The smallest absolute Gasteiger partial charge is 0.229 e. The van der Waals surface area contributed by atoms with Gasteiger partial charge in [0.05, 0.1) is 0 Å². The number of hydrogen-bond acceptors (Lipinski definition) is 1. The van der Waals surface area contributed by atoms with Crippen molar-refractivity contribution in [3.63, 3.8) is 0 Å². The Kier molecular flexibility index (Phi) is 6.18. The zero-order valence-corrected chi connectivity index (χ0v) is 9.98. The highest BCUT2D eigenvalue weighted by molar-refractivity contribution is 6.58. The summed E-state index contributed by atoms with van der Waals surface area (Å²) in [6.45, 7) is 9.01. The van der Waals surface area contributed by atoms with E-state index in [-0.39, 0.29) is 0 Å². The van der Waals surface area contributed by atoms with Crippen molar-refractivity contribution in [3.8, 4) is 0 Å². The Bertz CT molecular complexity index is 88.1. The SMILES string of the molecule is CCC(C)[Si](O[Si])C(C)CC. The highest BCUT2D eigenvalue weighted by atomic mass is 28.3. The normalized spacial score (nSPS) is 16.9. The molecule has 0 aromatic rings. The average Bonchev–Trinajstić information content (AvgIpc) is 2.05. The van der Waals surface area contributed by atoms with Crippen LogP contribution in [-0.2, 0) is 4.12 Å². The molecule has 0 rings (SSSR count). The van der Waals surface area contributed by atoms with Gasteiger partial charge >= 0.3 is 0 Å². The van der Waals surface area contributed by atoms with E-state index in [1.165, 1.54) is 12.8 Å². The van der Waals surface area contributed by atoms with Crippen LogP contribution in [0, 0.1) is 0 Å². The molecule has 2 unspecified atom stereocenters. The largest absolute Gasteiger partial charge is 0.457 e. The summed E-state index contributed by atoms with van der Waals surface area (Å²) < 4.78 is 5.36. The van der Waals surface area contributed by atoms with Crippen LogP contribution < -0.4 is 0 Å². The Morgan fingerprint density at radius 3 is 1.73 bits per heavy atom. The minimum atomic E-state index is -0.628. The Labute approximate surface area is 75.8 Å². The van der Waals surface area contributed by atoms with Crippen molar-refractivity contribution in [2.45, 2.75) is 51.6 Å². The topological polar surface area (TPSA) is 9.23 Å². The summed E-state index contributed by atoms with van der Waals surface area (Å²) in [7, 11) is 2.56. The molecule has 0 heterocycles. The van der Waals surface area contributed by atoms with Gasteiger partial charge in [0, 0.05) is 0 Å². The second-order valence-corrected chi connectivity index (χ2v) is 6.72. The molecule has 1 nitrogen and oxygen atoms in total. The van der Waals surface area contributed by atoms with Crippen molar-refractivity contribution in [3.05, 3.63) is 0 Å². The van der Waals surface area contributed by atoms with Gasteiger partial charge in [0.15, 0.2) is 0 Å². The predicted molar refractivity (Wildman–Crippen MR) is 52.0 cm³/mol. The molecule has 0 aromatic heterocycles. The molecule has 0 aliphatic rings. The van der Waals surface area contributed by atoms with E-state index in [0.717, 1.165) is 11.1 Å². The lowest BCUT2D eigenvalue weighted by Gasteiger charge is -2.23. The molecular formula is C8H18OSi2. The molecule has 0 aromatic carbocycles. The van der Waals surface area contributed by atoms with Crippen LogP contribution in [-0.4, -0.2) is 19.5 Å². The van der Waals surface area contributed by atoms with E-state index >= 15 is 0 Å². The molecule has 3 heteroatoms. The molecule has 0 spiro atoms. The molecule has 11 heavy (non-hydrogen) atoms. The third-order valence-corrected chi connectivity index (χ3v) is 6.02. The summed E-state index contributed by atoms with van der Waals surface area (Å²) in [5.74, 6) is 0. The zero-order valence-electron chi connectivity index (χ0n) is 7.98. The van der Waals surface area contributed by atoms with Gasteiger partial charge in [0.2, 0.25) is 19.5 Å². The highest BCUT2D eigenvalue weighted by Gasteiger charge is 2.23. The fourth-order valence-electron chi connectivity index (χ4n) is 1.09. The summed E-state index contributed by atoms with van der Waals surface area (Å²) in [6, 6.07) is 0. The fraction of sp³-hybridized carbons (Fsp3) is 1.00. The van der Waals surface area contributed by atoms with Gasteiger partial charge in [0.1, 0.15) is 0 Å². The minimum Gasteiger partial charge on any atom is -0.457 e. The molecule has 64 valence electrons.